The van der Waals surface area contributed by atoms with Gasteiger partial charge in [-0.2, -0.15) is 4.98 Å². The van der Waals surface area contributed by atoms with Crippen LogP contribution in [0.3, 0.4) is 0 Å². The van der Waals surface area contributed by atoms with E-state index in [9.17, 15) is 9.59 Å². The molecular formula is C22H27N7O2. The van der Waals surface area contributed by atoms with Gasteiger partial charge >= 0.3 is 0 Å². The van der Waals surface area contributed by atoms with Crippen LogP contribution in [0, 0.1) is 6.92 Å². The number of carbonyl (C=O) groups excluding carboxylic acids is 1. The number of anilines is 3. The van der Waals surface area contributed by atoms with Crippen molar-refractivity contribution >= 4 is 34.3 Å². The maximum Gasteiger partial charge on any atom is 0.263 e. The van der Waals surface area contributed by atoms with E-state index >= 15 is 0 Å². The molecule has 4 rings (SSSR count). The Morgan fingerprint density at radius 3 is 2.52 bits per heavy atom. The van der Waals surface area contributed by atoms with Crippen molar-refractivity contribution in [1.82, 2.24) is 24.8 Å². The number of nitrogens with one attached hydrogen (secondary N) is 2. The normalized spacial score (nSPS) is 14.3. The van der Waals surface area contributed by atoms with Gasteiger partial charge in [0.05, 0.1) is 17.4 Å². The van der Waals surface area contributed by atoms with Crippen molar-refractivity contribution in [2.45, 2.75) is 33.7 Å². The van der Waals surface area contributed by atoms with E-state index < -0.39 is 0 Å². The summed E-state index contributed by atoms with van der Waals surface area (Å²) in [7, 11) is 0. The molecule has 0 spiro atoms. The molecule has 0 unspecified atom stereocenters. The minimum atomic E-state index is -0.323. The van der Waals surface area contributed by atoms with Crippen molar-refractivity contribution in [1.29, 1.82) is 0 Å². The van der Waals surface area contributed by atoms with Gasteiger partial charge in [0.2, 0.25) is 5.95 Å². The highest BCUT2D eigenvalue weighted by atomic mass is 16.1. The molecule has 3 aromatic heterocycles. The zero-order valence-electron chi connectivity index (χ0n) is 18.3. The number of ketones is 1. The number of aromatic nitrogens is 4. The Labute approximate surface area is 180 Å². The molecule has 0 aliphatic carbocycles. The van der Waals surface area contributed by atoms with Crippen LogP contribution in [0.25, 0.3) is 11.0 Å². The van der Waals surface area contributed by atoms with Gasteiger partial charge in [0, 0.05) is 43.8 Å². The molecular weight excluding hydrogens is 394 g/mol. The van der Waals surface area contributed by atoms with Crippen molar-refractivity contribution in [2.75, 3.05) is 36.4 Å². The number of Topliss-reactive ketones (excluding diaryl/α,β-unsaturated/α-hetero) is 1. The Morgan fingerprint density at radius 2 is 1.90 bits per heavy atom. The number of piperazine rings is 1. The number of hydrogen-bond acceptors (Lipinski definition) is 8. The molecule has 31 heavy (non-hydrogen) atoms. The van der Waals surface area contributed by atoms with E-state index in [0.29, 0.717) is 28.4 Å². The van der Waals surface area contributed by atoms with Crippen LogP contribution in [0.4, 0.5) is 17.5 Å². The SMILES string of the molecule is CC(=O)c1c(C)c2cnc(Nc3ccc(N4CCNCC4)cn3)nc2n(C(C)C)c1=O. The molecule has 2 N–H and O–H groups in total. The molecule has 162 valence electrons. The lowest BCUT2D eigenvalue weighted by Crippen LogP contribution is -2.43. The van der Waals surface area contributed by atoms with Gasteiger partial charge in [-0.25, -0.2) is 9.97 Å². The molecule has 0 atom stereocenters. The number of hydrogen-bond donors (Lipinski definition) is 2. The largest absolute Gasteiger partial charge is 0.368 e. The highest BCUT2D eigenvalue weighted by Gasteiger charge is 2.20. The van der Waals surface area contributed by atoms with Crippen molar-refractivity contribution in [3.8, 4) is 0 Å². The lowest BCUT2D eigenvalue weighted by molar-refractivity contribution is 0.101. The summed E-state index contributed by atoms with van der Waals surface area (Å²) in [5, 5.41) is 7.15. The molecule has 9 nitrogen and oxygen atoms in total. The Balaban J connectivity index is 1.69. The third kappa shape index (κ3) is 4.00. The summed E-state index contributed by atoms with van der Waals surface area (Å²) in [6.45, 7) is 10.8. The lowest BCUT2D eigenvalue weighted by atomic mass is 10.0. The molecule has 1 aliphatic heterocycles. The Kier molecular flexibility index (Phi) is 5.69. The second kappa shape index (κ2) is 8.43. The molecule has 1 aliphatic rings. The van der Waals surface area contributed by atoms with Crippen LogP contribution in [0.1, 0.15) is 42.7 Å². The summed E-state index contributed by atoms with van der Waals surface area (Å²) in [5.41, 5.74) is 2.05. The average molecular weight is 422 g/mol. The van der Waals surface area contributed by atoms with Crippen molar-refractivity contribution < 1.29 is 4.79 Å². The Morgan fingerprint density at radius 1 is 1.16 bits per heavy atom. The summed E-state index contributed by atoms with van der Waals surface area (Å²) < 4.78 is 1.55. The molecule has 1 saturated heterocycles. The quantitative estimate of drug-likeness (QED) is 0.605. The van der Waals surface area contributed by atoms with Gasteiger partial charge in [-0.15, -0.1) is 0 Å². The van der Waals surface area contributed by atoms with E-state index in [1.54, 1.807) is 17.7 Å². The third-order valence-electron chi connectivity index (χ3n) is 5.55. The molecule has 4 heterocycles. The van der Waals surface area contributed by atoms with E-state index in [1.165, 1.54) is 6.92 Å². The van der Waals surface area contributed by atoms with Crippen LogP contribution < -0.4 is 21.1 Å². The molecule has 9 heteroatoms. The zero-order chi connectivity index (χ0) is 22.1. The second-order valence-corrected chi connectivity index (χ2v) is 8.02. The predicted octanol–water partition coefficient (Wildman–Crippen LogP) is 2.43. The summed E-state index contributed by atoms with van der Waals surface area (Å²) >= 11 is 0. The zero-order valence-corrected chi connectivity index (χ0v) is 18.3. The predicted molar refractivity (Wildman–Crippen MR) is 122 cm³/mol. The highest BCUT2D eigenvalue weighted by molar-refractivity contribution is 5.99. The number of fused-ring (bicyclic) bond motifs is 1. The van der Waals surface area contributed by atoms with E-state index in [4.69, 9.17) is 0 Å². The minimum Gasteiger partial charge on any atom is -0.368 e. The molecule has 0 amide bonds. The molecule has 0 saturated carbocycles. The molecule has 3 aromatic rings. The van der Waals surface area contributed by atoms with Crippen LogP contribution in [-0.2, 0) is 0 Å². The van der Waals surface area contributed by atoms with Crippen LogP contribution in [0.2, 0.25) is 0 Å². The monoisotopic (exact) mass is 421 g/mol. The summed E-state index contributed by atoms with van der Waals surface area (Å²) in [5.74, 6) is 0.710. The molecule has 0 radical (unpaired) electrons. The summed E-state index contributed by atoms with van der Waals surface area (Å²) in [4.78, 5) is 40.8. The average Bonchev–Trinajstić information content (AvgIpc) is 2.74. The van der Waals surface area contributed by atoms with Gasteiger partial charge in [0.15, 0.2) is 5.78 Å². The van der Waals surface area contributed by atoms with Gasteiger partial charge in [-0.3, -0.25) is 14.2 Å². The van der Waals surface area contributed by atoms with Gasteiger partial charge in [0.1, 0.15) is 11.5 Å². The number of nitrogens with zero attached hydrogens (tertiary/aromatic N) is 5. The smallest absolute Gasteiger partial charge is 0.263 e. The first kappa shape index (κ1) is 20.9. The summed E-state index contributed by atoms with van der Waals surface area (Å²) in [6.07, 6.45) is 3.49. The van der Waals surface area contributed by atoms with Crippen LogP contribution in [0.15, 0.2) is 29.3 Å². The van der Waals surface area contributed by atoms with Crippen LogP contribution in [0.5, 0.6) is 0 Å². The fourth-order valence-electron chi connectivity index (χ4n) is 3.97. The van der Waals surface area contributed by atoms with E-state index in [1.807, 2.05) is 32.2 Å². The first-order valence-electron chi connectivity index (χ1n) is 10.5. The van der Waals surface area contributed by atoms with Crippen LogP contribution >= 0.6 is 0 Å². The topological polar surface area (TPSA) is 105 Å². The number of pyridine rings is 2. The van der Waals surface area contributed by atoms with Gasteiger partial charge in [0.25, 0.3) is 5.56 Å². The van der Waals surface area contributed by atoms with Gasteiger partial charge < -0.3 is 15.5 Å². The third-order valence-corrected chi connectivity index (χ3v) is 5.55. The first-order chi connectivity index (χ1) is 14.9. The molecule has 0 aromatic carbocycles. The first-order valence-corrected chi connectivity index (χ1v) is 10.5. The van der Waals surface area contributed by atoms with Crippen molar-refractivity contribution in [3.05, 3.63) is 46.0 Å². The van der Waals surface area contributed by atoms with Crippen molar-refractivity contribution in [2.24, 2.45) is 0 Å². The standard InChI is InChI=1S/C22H27N7O2/c1-13(2)29-20-17(14(3)19(15(4)30)21(29)31)12-25-22(27-20)26-18-6-5-16(11-24-18)28-9-7-23-8-10-28/h5-6,11-13,23H,7-10H2,1-4H3,(H,24,25,26,27). The van der Waals surface area contributed by atoms with Crippen molar-refractivity contribution in [3.63, 3.8) is 0 Å². The summed E-state index contributed by atoms with van der Waals surface area (Å²) in [6, 6.07) is 3.76. The number of carbonyl (C=O) groups is 1. The van der Waals surface area contributed by atoms with Gasteiger partial charge in [-0.1, -0.05) is 0 Å². The molecule has 0 bridgehead atoms. The highest BCUT2D eigenvalue weighted by Crippen LogP contribution is 2.23. The number of rotatable bonds is 5. The fraction of sp³-hybridized carbons (Fsp3) is 0.409. The van der Waals surface area contributed by atoms with E-state index in [2.05, 4.69) is 30.5 Å². The number of aryl methyl sites for hydroxylation is 1. The fourth-order valence-corrected chi connectivity index (χ4v) is 3.97. The minimum absolute atomic E-state index is 0.159. The van der Waals surface area contributed by atoms with E-state index in [-0.39, 0.29) is 22.9 Å². The van der Waals surface area contributed by atoms with E-state index in [0.717, 1.165) is 31.9 Å². The maximum atomic E-state index is 13.0. The second-order valence-electron chi connectivity index (χ2n) is 8.02. The van der Waals surface area contributed by atoms with Gasteiger partial charge in [-0.05, 0) is 45.4 Å². The Hall–Kier alpha value is -3.33. The Bertz CT molecular complexity index is 1180. The molecule has 1 fully saturated rings. The van der Waals surface area contributed by atoms with Crippen LogP contribution in [-0.4, -0.2) is 51.5 Å². The maximum absolute atomic E-state index is 13.0. The lowest BCUT2D eigenvalue weighted by Gasteiger charge is -2.29.